The molecular weight excluding hydrogens is 370 g/mol. The molecule has 0 aliphatic carbocycles. The highest BCUT2D eigenvalue weighted by atomic mass is 32.1. The molecule has 0 fully saturated rings. The van der Waals surface area contributed by atoms with E-state index >= 15 is 0 Å². The molecule has 0 saturated carbocycles. The van der Waals surface area contributed by atoms with Crippen molar-refractivity contribution >= 4 is 23.4 Å². The van der Waals surface area contributed by atoms with Gasteiger partial charge in [-0.1, -0.05) is 24.4 Å². The Bertz CT molecular complexity index is 915. The van der Waals surface area contributed by atoms with Crippen LogP contribution >= 0.6 is 12.2 Å². The first-order valence-corrected chi connectivity index (χ1v) is 7.83. The van der Waals surface area contributed by atoms with Crippen LogP contribution in [0.1, 0.15) is 17.9 Å². The van der Waals surface area contributed by atoms with E-state index in [2.05, 4.69) is 10.2 Å². The third-order valence-corrected chi connectivity index (χ3v) is 3.80. The van der Waals surface area contributed by atoms with Crippen molar-refractivity contribution in [1.29, 1.82) is 0 Å². The summed E-state index contributed by atoms with van der Waals surface area (Å²) in [4.78, 5) is 1.56. The molecule has 134 valence electrons. The van der Waals surface area contributed by atoms with Crippen molar-refractivity contribution in [2.45, 2.75) is 13.0 Å². The van der Waals surface area contributed by atoms with Crippen molar-refractivity contribution in [3.8, 4) is 11.5 Å². The maximum atomic E-state index is 13.4. The molecule has 2 aromatic carbocycles. The molecule has 0 bridgehead atoms. The smallest absolute Gasteiger partial charge is 0.314 e. The van der Waals surface area contributed by atoms with E-state index in [0.717, 1.165) is 17.7 Å². The van der Waals surface area contributed by atoms with Crippen LogP contribution in [0, 0.1) is 11.6 Å². The Hall–Kier alpha value is -2.81. The van der Waals surface area contributed by atoms with Gasteiger partial charge in [-0.2, -0.15) is 8.78 Å². The van der Waals surface area contributed by atoms with E-state index in [9.17, 15) is 17.6 Å². The summed E-state index contributed by atoms with van der Waals surface area (Å²) in [5.74, 6) is -2.66. The number of halogens is 4. The molecule has 0 spiro atoms. The van der Waals surface area contributed by atoms with Crippen LogP contribution in [0.15, 0.2) is 46.9 Å². The fourth-order valence-electron chi connectivity index (χ4n) is 2.24. The van der Waals surface area contributed by atoms with Gasteiger partial charge in [0.25, 0.3) is 5.89 Å². The van der Waals surface area contributed by atoms with Gasteiger partial charge in [-0.3, -0.25) is 0 Å². The molecule has 0 N–H and O–H groups in total. The van der Waals surface area contributed by atoms with Gasteiger partial charge in [0, 0.05) is 23.9 Å². The molecule has 26 heavy (non-hydrogen) atoms. The first-order chi connectivity index (χ1) is 12.5. The second kappa shape index (κ2) is 7.61. The molecule has 0 amide bonds. The number of nitrogens with zero attached hydrogens (tertiary/aromatic N) is 3. The summed E-state index contributed by atoms with van der Waals surface area (Å²) in [6.45, 7) is 0.307. The maximum Gasteiger partial charge on any atom is 0.314 e. The number of aromatic nitrogens is 2. The summed E-state index contributed by atoms with van der Waals surface area (Å²) < 4.78 is 56.3. The second-order valence-electron chi connectivity index (χ2n) is 5.27. The largest absolute Gasteiger partial charge is 0.415 e. The molecule has 3 aromatic rings. The van der Waals surface area contributed by atoms with Crippen molar-refractivity contribution in [1.82, 2.24) is 10.2 Å². The highest BCUT2D eigenvalue weighted by molar-refractivity contribution is 7.79. The number of hydrogen-bond acceptors (Lipinski definition) is 4. The number of benzene rings is 2. The lowest BCUT2D eigenvalue weighted by Crippen LogP contribution is -2.19. The summed E-state index contributed by atoms with van der Waals surface area (Å²) in [5, 5.41) is 6.84. The predicted octanol–water partition coefficient (Wildman–Crippen LogP) is 4.92. The molecule has 0 saturated heterocycles. The Kier molecular flexibility index (Phi) is 5.27. The molecular formula is C17H11F4N3OS. The van der Waals surface area contributed by atoms with Gasteiger partial charge in [0.1, 0.15) is 0 Å². The Labute approximate surface area is 151 Å². The van der Waals surface area contributed by atoms with Crippen LogP contribution in [-0.4, -0.2) is 15.7 Å². The quantitative estimate of drug-likeness (QED) is 0.448. The van der Waals surface area contributed by atoms with Gasteiger partial charge in [-0.15, -0.1) is 10.2 Å². The molecule has 3 rings (SSSR count). The molecule has 4 nitrogen and oxygen atoms in total. The monoisotopic (exact) mass is 381 g/mol. The van der Waals surface area contributed by atoms with Crippen LogP contribution in [0.2, 0.25) is 0 Å². The normalized spacial score (nSPS) is 11.0. The summed E-state index contributed by atoms with van der Waals surface area (Å²) >= 11 is 4.94. The highest BCUT2D eigenvalue weighted by Crippen LogP contribution is 2.24. The van der Waals surface area contributed by atoms with Gasteiger partial charge in [-0.05, 0) is 29.8 Å². The van der Waals surface area contributed by atoms with E-state index in [0.29, 0.717) is 17.8 Å². The van der Waals surface area contributed by atoms with Crippen LogP contribution < -0.4 is 4.90 Å². The SMILES string of the molecule is Fc1ccc(N(C=S)Cc2ccc(-c3nnc(C(F)F)o3)cc2)cc1F. The van der Waals surface area contributed by atoms with Gasteiger partial charge in [0.2, 0.25) is 5.89 Å². The van der Waals surface area contributed by atoms with E-state index in [1.165, 1.54) is 11.6 Å². The number of hydrogen-bond donors (Lipinski definition) is 0. The zero-order valence-electron chi connectivity index (χ0n) is 13.1. The lowest BCUT2D eigenvalue weighted by molar-refractivity contribution is 0.116. The van der Waals surface area contributed by atoms with Crippen molar-refractivity contribution in [2.24, 2.45) is 0 Å². The minimum absolute atomic E-state index is 0.0147. The topological polar surface area (TPSA) is 42.2 Å². The van der Waals surface area contributed by atoms with Gasteiger partial charge in [0.15, 0.2) is 11.6 Å². The third-order valence-electron chi connectivity index (χ3n) is 3.54. The zero-order valence-corrected chi connectivity index (χ0v) is 13.9. The Balaban J connectivity index is 1.76. The Morgan fingerprint density at radius 2 is 1.77 bits per heavy atom. The number of alkyl halides is 2. The van der Waals surface area contributed by atoms with Crippen LogP contribution in [0.5, 0.6) is 0 Å². The average molecular weight is 381 g/mol. The van der Waals surface area contributed by atoms with Crippen LogP contribution in [0.4, 0.5) is 23.2 Å². The lowest BCUT2D eigenvalue weighted by Gasteiger charge is -2.19. The van der Waals surface area contributed by atoms with Crippen LogP contribution in [-0.2, 0) is 6.54 Å². The van der Waals surface area contributed by atoms with E-state index in [4.69, 9.17) is 16.6 Å². The van der Waals surface area contributed by atoms with Crippen molar-refractivity contribution in [3.05, 3.63) is 65.6 Å². The fraction of sp³-hybridized carbons (Fsp3) is 0.118. The fourth-order valence-corrected chi connectivity index (χ4v) is 2.44. The van der Waals surface area contributed by atoms with Gasteiger partial charge in [0.05, 0.1) is 5.49 Å². The molecule has 0 atom stereocenters. The summed E-state index contributed by atoms with van der Waals surface area (Å²) in [6.07, 6.45) is -2.83. The molecule has 0 radical (unpaired) electrons. The summed E-state index contributed by atoms with van der Waals surface area (Å²) in [5.41, 5.74) is 3.01. The van der Waals surface area contributed by atoms with Gasteiger partial charge >= 0.3 is 6.43 Å². The number of thiocarbonyl (C=S) groups is 1. The first-order valence-electron chi connectivity index (χ1n) is 7.36. The van der Waals surface area contributed by atoms with Crippen LogP contribution in [0.3, 0.4) is 0 Å². The number of anilines is 1. The van der Waals surface area contributed by atoms with E-state index in [1.807, 2.05) is 0 Å². The Morgan fingerprint density at radius 1 is 1.04 bits per heavy atom. The zero-order chi connectivity index (χ0) is 18.7. The minimum atomic E-state index is -2.83. The van der Waals surface area contributed by atoms with E-state index in [-0.39, 0.29) is 5.89 Å². The predicted molar refractivity (Wildman–Crippen MR) is 90.9 cm³/mol. The molecule has 1 aromatic heterocycles. The summed E-state index contributed by atoms with van der Waals surface area (Å²) in [7, 11) is 0. The average Bonchev–Trinajstić information content (AvgIpc) is 3.13. The van der Waals surface area contributed by atoms with Crippen molar-refractivity contribution < 1.29 is 22.0 Å². The van der Waals surface area contributed by atoms with E-state index in [1.54, 1.807) is 29.2 Å². The van der Waals surface area contributed by atoms with Gasteiger partial charge in [-0.25, -0.2) is 8.78 Å². The molecule has 9 heteroatoms. The highest BCUT2D eigenvalue weighted by Gasteiger charge is 2.17. The molecule has 0 aliphatic rings. The van der Waals surface area contributed by atoms with Crippen molar-refractivity contribution in [2.75, 3.05) is 4.90 Å². The maximum absolute atomic E-state index is 13.4. The minimum Gasteiger partial charge on any atom is -0.415 e. The third kappa shape index (κ3) is 3.88. The lowest BCUT2D eigenvalue weighted by atomic mass is 10.1. The van der Waals surface area contributed by atoms with Crippen LogP contribution in [0.25, 0.3) is 11.5 Å². The molecule has 0 unspecified atom stereocenters. The molecule has 1 heterocycles. The Morgan fingerprint density at radius 3 is 2.35 bits per heavy atom. The van der Waals surface area contributed by atoms with Crippen molar-refractivity contribution in [3.63, 3.8) is 0 Å². The van der Waals surface area contributed by atoms with E-state index < -0.39 is 24.0 Å². The first kappa shape index (κ1) is 18.0. The standard InChI is InChI=1S/C17H11F4N3OS/c18-13-6-5-12(7-14(13)19)24(9-26)8-10-1-3-11(4-2-10)16-22-23-17(25-16)15(20)21/h1-7,9,15H,8H2. The molecule has 0 aliphatic heterocycles. The number of rotatable bonds is 6. The second-order valence-corrected chi connectivity index (χ2v) is 5.49. The summed E-state index contributed by atoms with van der Waals surface area (Å²) in [6, 6.07) is 10.2. The van der Waals surface area contributed by atoms with Gasteiger partial charge < -0.3 is 9.32 Å².